The van der Waals surface area contributed by atoms with E-state index in [-0.39, 0.29) is 18.3 Å². The van der Waals surface area contributed by atoms with Crippen LogP contribution < -0.4 is 4.90 Å². The molecule has 3 rings (SSSR count). The van der Waals surface area contributed by atoms with Crippen molar-refractivity contribution in [2.45, 2.75) is 18.3 Å². The van der Waals surface area contributed by atoms with Crippen molar-refractivity contribution in [3.63, 3.8) is 0 Å². The lowest BCUT2D eigenvalue weighted by Crippen LogP contribution is -2.72. The van der Waals surface area contributed by atoms with Gasteiger partial charge in [-0.2, -0.15) is 0 Å². The minimum Gasteiger partial charge on any atom is -0.483 e. The molecule has 1 aromatic heterocycles. The molecule has 3 heterocycles. The van der Waals surface area contributed by atoms with Gasteiger partial charge in [0, 0.05) is 20.2 Å². The van der Waals surface area contributed by atoms with Crippen molar-refractivity contribution < 1.29 is 28.4 Å². The molecule has 0 spiro atoms. The van der Waals surface area contributed by atoms with Gasteiger partial charge in [0.2, 0.25) is 5.91 Å². The standard InChI is InChI=1S/C14H16N2O4S2.CH2O2/c1-9(17)16(11-4-3-5-21-11)12-13(18)15-6-10(7-20-2)8-22(19)14(12)15;2-1-3/h3-6,12,14H,7-8H2,1-2H3;1H,(H,2,3)/t12?,14-,22?;/m1./s1. The quantitative estimate of drug-likeness (QED) is 0.601. The van der Waals surface area contributed by atoms with Crippen LogP contribution in [0.5, 0.6) is 0 Å². The molecule has 2 aliphatic rings. The summed E-state index contributed by atoms with van der Waals surface area (Å²) in [6.45, 7) is 1.53. The molecule has 1 fully saturated rings. The molecular weight excluding hydrogens is 368 g/mol. The predicted octanol–water partition coefficient (Wildman–Crippen LogP) is 0.631. The molecule has 1 saturated heterocycles. The predicted molar refractivity (Wildman–Crippen MR) is 93.6 cm³/mol. The summed E-state index contributed by atoms with van der Waals surface area (Å²) >= 11 is 1.39. The fourth-order valence-electron chi connectivity index (χ4n) is 2.78. The van der Waals surface area contributed by atoms with Crippen LogP contribution >= 0.6 is 11.3 Å². The average Bonchev–Trinajstić information content (AvgIpc) is 3.07. The van der Waals surface area contributed by atoms with Crippen molar-refractivity contribution >= 4 is 45.4 Å². The Labute approximate surface area is 151 Å². The van der Waals surface area contributed by atoms with Gasteiger partial charge in [0.1, 0.15) is 11.4 Å². The van der Waals surface area contributed by atoms with E-state index in [1.165, 1.54) is 28.1 Å². The van der Waals surface area contributed by atoms with Gasteiger partial charge in [0.25, 0.3) is 12.4 Å². The number of β-lactam (4-membered cyclic amide) rings is 1. The van der Waals surface area contributed by atoms with E-state index in [1.54, 1.807) is 19.4 Å². The van der Waals surface area contributed by atoms with Gasteiger partial charge in [-0.05, 0) is 23.1 Å². The minimum atomic E-state index is -1.24. The molecule has 25 heavy (non-hydrogen) atoms. The zero-order valence-electron chi connectivity index (χ0n) is 13.7. The fraction of sp³-hybridized carbons (Fsp3) is 0.400. The van der Waals surface area contributed by atoms with Crippen molar-refractivity contribution in [3.8, 4) is 0 Å². The van der Waals surface area contributed by atoms with E-state index >= 15 is 0 Å². The molecular formula is C15H18N2O6S2. The van der Waals surface area contributed by atoms with Gasteiger partial charge < -0.3 is 9.84 Å². The van der Waals surface area contributed by atoms with E-state index in [0.29, 0.717) is 17.4 Å². The molecule has 0 bridgehead atoms. The molecule has 2 unspecified atom stereocenters. The van der Waals surface area contributed by atoms with Gasteiger partial charge >= 0.3 is 0 Å². The maximum Gasteiger partial charge on any atom is 0.290 e. The highest BCUT2D eigenvalue weighted by atomic mass is 32.2. The summed E-state index contributed by atoms with van der Waals surface area (Å²) in [5.41, 5.74) is 0.828. The molecule has 1 aromatic rings. The molecule has 0 radical (unpaired) electrons. The van der Waals surface area contributed by atoms with Crippen molar-refractivity contribution in [3.05, 3.63) is 29.3 Å². The number of hydrogen-bond donors (Lipinski definition) is 1. The van der Waals surface area contributed by atoms with Crippen molar-refractivity contribution in [2.75, 3.05) is 24.4 Å². The number of ether oxygens (including phenoxy) is 1. The zero-order valence-corrected chi connectivity index (χ0v) is 15.3. The largest absolute Gasteiger partial charge is 0.483 e. The van der Waals surface area contributed by atoms with Gasteiger partial charge in [-0.25, -0.2) is 0 Å². The Morgan fingerprint density at radius 2 is 2.28 bits per heavy atom. The Morgan fingerprint density at radius 3 is 2.80 bits per heavy atom. The van der Waals surface area contributed by atoms with E-state index in [2.05, 4.69) is 0 Å². The Bertz CT molecular complexity index is 703. The molecule has 8 nitrogen and oxygen atoms in total. The summed E-state index contributed by atoms with van der Waals surface area (Å²) < 4.78 is 17.5. The van der Waals surface area contributed by atoms with Crippen LogP contribution in [0.4, 0.5) is 5.00 Å². The molecule has 0 aliphatic carbocycles. The smallest absolute Gasteiger partial charge is 0.290 e. The molecule has 0 saturated carbocycles. The average molecular weight is 386 g/mol. The van der Waals surface area contributed by atoms with E-state index in [9.17, 15) is 13.8 Å². The molecule has 0 aromatic carbocycles. The third-order valence-corrected chi connectivity index (χ3v) is 6.21. The van der Waals surface area contributed by atoms with Crippen LogP contribution in [-0.2, 0) is 29.9 Å². The molecule has 1 N–H and O–H groups in total. The number of carbonyl (C=O) groups is 3. The SMILES string of the molecule is COCC1=CN2C(=O)C(N(C(C)=O)c3cccs3)[C@H]2S(=O)C1.O=CO. The van der Waals surface area contributed by atoms with E-state index in [0.717, 1.165) is 5.57 Å². The monoisotopic (exact) mass is 386 g/mol. The van der Waals surface area contributed by atoms with E-state index < -0.39 is 22.2 Å². The maximum atomic E-state index is 12.5. The van der Waals surface area contributed by atoms with Gasteiger partial charge in [0.05, 0.1) is 28.2 Å². The van der Waals surface area contributed by atoms with Gasteiger partial charge in [-0.3, -0.25) is 28.4 Å². The lowest BCUT2D eigenvalue weighted by atomic mass is 10.0. The third kappa shape index (κ3) is 3.80. The number of carboxylic acid groups (broad SMARTS) is 1. The number of rotatable bonds is 4. The summed E-state index contributed by atoms with van der Waals surface area (Å²) in [7, 11) is 0.319. The lowest BCUT2D eigenvalue weighted by molar-refractivity contribution is -0.142. The molecule has 10 heteroatoms. The fourth-order valence-corrected chi connectivity index (χ4v) is 5.22. The Morgan fingerprint density at radius 1 is 1.60 bits per heavy atom. The number of amides is 2. The number of anilines is 1. The topological polar surface area (TPSA) is 104 Å². The number of hydrogen-bond acceptors (Lipinski definition) is 6. The first-order valence-corrected chi connectivity index (χ1v) is 9.51. The summed E-state index contributed by atoms with van der Waals surface area (Å²) in [5.74, 6) is -0.0472. The highest BCUT2D eigenvalue weighted by molar-refractivity contribution is 7.86. The van der Waals surface area contributed by atoms with Gasteiger partial charge in [-0.15, -0.1) is 11.3 Å². The van der Waals surface area contributed by atoms with Crippen LogP contribution in [0.25, 0.3) is 0 Å². The summed E-state index contributed by atoms with van der Waals surface area (Å²) in [5, 5.41) is 8.97. The van der Waals surface area contributed by atoms with E-state index in [4.69, 9.17) is 14.6 Å². The molecule has 2 aliphatic heterocycles. The maximum absolute atomic E-state index is 12.5. The van der Waals surface area contributed by atoms with Crippen LogP contribution in [0.3, 0.4) is 0 Å². The molecule has 2 amide bonds. The van der Waals surface area contributed by atoms with Crippen molar-refractivity contribution in [1.82, 2.24) is 4.90 Å². The van der Waals surface area contributed by atoms with Crippen LogP contribution in [0.1, 0.15) is 6.92 Å². The summed E-state index contributed by atoms with van der Waals surface area (Å²) in [4.78, 5) is 35.7. The summed E-state index contributed by atoms with van der Waals surface area (Å²) in [6, 6.07) is 2.93. The van der Waals surface area contributed by atoms with Crippen LogP contribution in [0.15, 0.2) is 29.3 Å². The molecule has 3 atom stereocenters. The van der Waals surface area contributed by atoms with Crippen molar-refractivity contribution in [2.24, 2.45) is 0 Å². The number of carbonyl (C=O) groups excluding carboxylic acids is 2. The Hall–Kier alpha value is -2.04. The van der Waals surface area contributed by atoms with Gasteiger partial charge in [0.15, 0.2) is 0 Å². The van der Waals surface area contributed by atoms with Crippen LogP contribution in [0.2, 0.25) is 0 Å². The van der Waals surface area contributed by atoms with Gasteiger partial charge in [-0.1, -0.05) is 0 Å². The van der Waals surface area contributed by atoms with Crippen molar-refractivity contribution in [1.29, 1.82) is 0 Å². The Kier molecular flexibility index (Phi) is 6.45. The highest BCUT2D eigenvalue weighted by Crippen LogP contribution is 2.36. The number of fused-ring (bicyclic) bond motifs is 1. The minimum absolute atomic E-state index is 0.199. The first kappa shape index (κ1) is 19.3. The zero-order chi connectivity index (χ0) is 18.6. The van der Waals surface area contributed by atoms with Crippen LogP contribution in [-0.4, -0.2) is 63.4 Å². The number of methoxy groups -OCH3 is 1. The third-order valence-electron chi connectivity index (χ3n) is 3.66. The second kappa shape index (κ2) is 8.37. The first-order valence-electron chi connectivity index (χ1n) is 7.25. The normalized spacial score (nSPS) is 24.2. The Balaban J connectivity index is 0.000000701. The van der Waals surface area contributed by atoms with Crippen LogP contribution in [0, 0.1) is 0 Å². The van der Waals surface area contributed by atoms with E-state index in [1.807, 2.05) is 11.4 Å². The number of nitrogens with zero attached hydrogens (tertiary/aromatic N) is 2. The summed E-state index contributed by atoms with van der Waals surface area (Å²) in [6.07, 6.45) is 1.71. The highest BCUT2D eigenvalue weighted by Gasteiger charge is 2.55. The lowest BCUT2D eigenvalue weighted by Gasteiger charge is -2.50. The first-order chi connectivity index (χ1) is 12.0. The molecule has 136 valence electrons. The second-order valence-corrected chi connectivity index (χ2v) is 7.73. The number of thiophene rings is 1. The second-order valence-electron chi connectivity index (χ2n) is 5.27.